The number of hydrogen-bond donors (Lipinski definition) is 1. The average molecular weight is 323 g/mol. The highest BCUT2D eigenvalue weighted by Gasteiger charge is 2.42. The van der Waals surface area contributed by atoms with Crippen LogP contribution in [0.15, 0.2) is 48.5 Å². The Morgan fingerprint density at radius 1 is 0.917 bits per heavy atom. The zero-order valence-electron chi connectivity index (χ0n) is 13.6. The van der Waals surface area contributed by atoms with Gasteiger partial charge < -0.3 is 14.8 Å². The molecule has 4 rings (SSSR count). The van der Waals surface area contributed by atoms with Crippen LogP contribution in [0.2, 0.25) is 0 Å². The summed E-state index contributed by atoms with van der Waals surface area (Å²) in [5, 5.41) is 3.10. The summed E-state index contributed by atoms with van der Waals surface area (Å²) in [5.41, 5.74) is 1.44. The molecule has 1 N–H and O–H groups in total. The number of nitrogens with one attached hydrogen (secondary N) is 1. The van der Waals surface area contributed by atoms with Crippen molar-refractivity contribution < 1.29 is 14.3 Å². The van der Waals surface area contributed by atoms with Crippen molar-refractivity contribution in [2.75, 3.05) is 18.5 Å². The number of hydrogen-bond acceptors (Lipinski definition) is 3. The molecule has 2 aliphatic rings. The fraction of sp³-hybridized carbons (Fsp3) is 0.350. The van der Waals surface area contributed by atoms with Crippen LogP contribution < -0.4 is 14.8 Å². The van der Waals surface area contributed by atoms with Crippen LogP contribution in [-0.4, -0.2) is 19.1 Å². The first-order valence-electron chi connectivity index (χ1n) is 8.55. The van der Waals surface area contributed by atoms with Gasteiger partial charge in [0.25, 0.3) is 0 Å². The first-order valence-corrected chi connectivity index (χ1v) is 8.55. The largest absolute Gasteiger partial charge is 0.486 e. The topological polar surface area (TPSA) is 47.6 Å². The fourth-order valence-electron chi connectivity index (χ4n) is 3.75. The quantitative estimate of drug-likeness (QED) is 0.931. The lowest BCUT2D eigenvalue weighted by Crippen LogP contribution is -2.38. The van der Waals surface area contributed by atoms with Gasteiger partial charge in [-0.25, -0.2) is 0 Å². The monoisotopic (exact) mass is 323 g/mol. The average Bonchev–Trinajstić information content (AvgIpc) is 3.13. The van der Waals surface area contributed by atoms with Crippen molar-refractivity contribution in [3.8, 4) is 11.5 Å². The number of carbonyl (C=O) groups is 1. The Morgan fingerprint density at radius 3 is 2.38 bits per heavy atom. The number of carbonyl (C=O) groups excluding carboxylic acids is 1. The first-order chi connectivity index (χ1) is 11.8. The molecule has 1 amide bonds. The Bertz CT molecular complexity index is 736. The summed E-state index contributed by atoms with van der Waals surface area (Å²) < 4.78 is 11.1. The summed E-state index contributed by atoms with van der Waals surface area (Å²) in [6, 6.07) is 15.7. The van der Waals surface area contributed by atoms with E-state index in [1.165, 1.54) is 0 Å². The Hall–Kier alpha value is -2.49. The predicted molar refractivity (Wildman–Crippen MR) is 92.6 cm³/mol. The van der Waals surface area contributed by atoms with E-state index in [0.29, 0.717) is 19.0 Å². The van der Waals surface area contributed by atoms with E-state index in [9.17, 15) is 4.79 Å². The van der Waals surface area contributed by atoms with E-state index in [4.69, 9.17) is 9.47 Å². The third-order valence-corrected chi connectivity index (χ3v) is 5.02. The molecule has 4 nitrogen and oxygen atoms in total. The molecule has 4 heteroatoms. The van der Waals surface area contributed by atoms with Gasteiger partial charge in [0.15, 0.2) is 11.5 Å². The second kappa shape index (κ2) is 6.19. The van der Waals surface area contributed by atoms with Crippen LogP contribution in [-0.2, 0) is 10.2 Å². The van der Waals surface area contributed by atoms with Gasteiger partial charge in [0.2, 0.25) is 5.91 Å². The first kappa shape index (κ1) is 15.1. The Balaban J connectivity index is 1.60. The molecule has 1 fully saturated rings. The molecule has 1 heterocycles. The van der Waals surface area contributed by atoms with Gasteiger partial charge in [-0.1, -0.05) is 43.2 Å². The molecule has 0 bridgehead atoms. The molecule has 2 aromatic carbocycles. The van der Waals surface area contributed by atoms with Crippen LogP contribution in [0.1, 0.15) is 31.2 Å². The number of fused-ring (bicyclic) bond motifs is 1. The SMILES string of the molecule is O=C(Nc1ccc2c(c1)OCCO2)C1(c2ccccc2)CCCC1. The van der Waals surface area contributed by atoms with Gasteiger partial charge in [0, 0.05) is 11.8 Å². The smallest absolute Gasteiger partial charge is 0.235 e. The summed E-state index contributed by atoms with van der Waals surface area (Å²) in [6.45, 7) is 1.11. The third-order valence-electron chi connectivity index (χ3n) is 5.02. The molecule has 0 unspecified atom stereocenters. The molecule has 1 aliphatic heterocycles. The van der Waals surface area contributed by atoms with Crippen molar-refractivity contribution in [2.24, 2.45) is 0 Å². The van der Waals surface area contributed by atoms with Gasteiger partial charge >= 0.3 is 0 Å². The van der Waals surface area contributed by atoms with E-state index in [1.54, 1.807) is 0 Å². The van der Waals surface area contributed by atoms with Crippen LogP contribution in [0.3, 0.4) is 0 Å². The molecule has 24 heavy (non-hydrogen) atoms. The van der Waals surface area contributed by atoms with Crippen molar-refractivity contribution in [1.29, 1.82) is 0 Å². The number of benzene rings is 2. The van der Waals surface area contributed by atoms with Crippen LogP contribution in [0.25, 0.3) is 0 Å². The van der Waals surface area contributed by atoms with Gasteiger partial charge in [0.1, 0.15) is 13.2 Å². The van der Waals surface area contributed by atoms with Crippen LogP contribution >= 0.6 is 0 Å². The van der Waals surface area contributed by atoms with Crippen molar-refractivity contribution in [3.05, 3.63) is 54.1 Å². The maximum absolute atomic E-state index is 13.1. The molecule has 1 aliphatic carbocycles. The lowest BCUT2D eigenvalue weighted by molar-refractivity contribution is -0.121. The summed E-state index contributed by atoms with van der Waals surface area (Å²) in [5.74, 6) is 1.50. The van der Waals surface area contributed by atoms with Gasteiger partial charge in [-0.05, 0) is 30.5 Å². The standard InChI is InChI=1S/C20H21NO3/c22-19(20(10-4-5-11-20)15-6-2-1-3-7-15)21-16-8-9-17-18(14-16)24-13-12-23-17/h1-3,6-9,14H,4-5,10-13H2,(H,21,22). The van der Waals surface area contributed by atoms with Gasteiger partial charge in [-0.3, -0.25) is 4.79 Å². The molecule has 2 aromatic rings. The highest BCUT2D eigenvalue weighted by molar-refractivity contribution is 5.99. The lowest BCUT2D eigenvalue weighted by Gasteiger charge is -2.28. The summed E-state index contributed by atoms with van der Waals surface area (Å²) >= 11 is 0. The van der Waals surface area contributed by atoms with E-state index >= 15 is 0 Å². The van der Waals surface area contributed by atoms with Gasteiger partial charge in [0.05, 0.1) is 5.41 Å². The predicted octanol–water partition coefficient (Wildman–Crippen LogP) is 3.91. The van der Waals surface area contributed by atoms with E-state index in [2.05, 4.69) is 17.4 Å². The van der Waals surface area contributed by atoms with E-state index < -0.39 is 5.41 Å². The molecule has 0 atom stereocenters. The van der Waals surface area contributed by atoms with Crippen molar-refractivity contribution in [3.63, 3.8) is 0 Å². The minimum atomic E-state index is -0.422. The van der Waals surface area contributed by atoms with Crippen LogP contribution in [0, 0.1) is 0 Å². The van der Waals surface area contributed by atoms with Crippen molar-refractivity contribution in [2.45, 2.75) is 31.1 Å². The van der Waals surface area contributed by atoms with Crippen LogP contribution in [0.4, 0.5) is 5.69 Å². The van der Waals surface area contributed by atoms with Gasteiger partial charge in [-0.15, -0.1) is 0 Å². The summed E-state index contributed by atoms with van der Waals surface area (Å²) in [4.78, 5) is 13.1. The maximum Gasteiger partial charge on any atom is 0.235 e. The zero-order valence-corrected chi connectivity index (χ0v) is 13.6. The number of amides is 1. The molecule has 0 aromatic heterocycles. The minimum absolute atomic E-state index is 0.0721. The van der Waals surface area contributed by atoms with Crippen molar-refractivity contribution >= 4 is 11.6 Å². The molecular weight excluding hydrogens is 302 g/mol. The molecule has 124 valence electrons. The van der Waals surface area contributed by atoms with E-state index in [0.717, 1.165) is 42.7 Å². The number of rotatable bonds is 3. The second-order valence-corrected chi connectivity index (χ2v) is 6.47. The molecule has 0 spiro atoms. The second-order valence-electron chi connectivity index (χ2n) is 6.47. The molecule has 0 radical (unpaired) electrons. The minimum Gasteiger partial charge on any atom is -0.486 e. The molecular formula is C20H21NO3. The van der Waals surface area contributed by atoms with Crippen molar-refractivity contribution in [1.82, 2.24) is 0 Å². The molecule has 1 saturated carbocycles. The number of anilines is 1. The zero-order chi connectivity index (χ0) is 16.4. The van der Waals surface area contributed by atoms with E-state index in [-0.39, 0.29) is 5.91 Å². The van der Waals surface area contributed by atoms with E-state index in [1.807, 2.05) is 36.4 Å². The fourth-order valence-corrected chi connectivity index (χ4v) is 3.75. The highest BCUT2D eigenvalue weighted by Crippen LogP contribution is 2.42. The number of ether oxygens (including phenoxy) is 2. The normalized spacial score (nSPS) is 18.2. The Labute approximate surface area is 141 Å². The van der Waals surface area contributed by atoms with Gasteiger partial charge in [-0.2, -0.15) is 0 Å². The maximum atomic E-state index is 13.1. The molecule has 0 saturated heterocycles. The summed E-state index contributed by atoms with van der Waals surface area (Å²) in [6.07, 6.45) is 3.97. The summed E-state index contributed by atoms with van der Waals surface area (Å²) in [7, 11) is 0. The highest BCUT2D eigenvalue weighted by atomic mass is 16.6. The Morgan fingerprint density at radius 2 is 1.62 bits per heavy atom. The Kier molecular flexibility index (Phi) is 3.89. The lowest BCUT2D eigenvalue weighted by atomic mass is 9.78. The third kappa shape index (κ3) is 2.62. The van der Waals surface area contributed by atoms with Crippen LogP contribution in [0.5, 0.6) is 11.5 Å².